The lowest BCUT2D eigenvalue weighted by atomic mass is 10.1. The van der Waals surface area contributed by atoms with E-state index in [0.29, 0.717) is 22.8 Å². The number of ether oxygens (including phenoxy) is 1. The number of hydrogen-bond acceptors (Lipinski definition) is 3. The summed E-state index contributed by atoms with van der Waals surface area (Å²) in [6.45, 7) is 0. The highest BCUT2D eigenvalue weighted by Crippen LogP contribution is 2.24. The molecule has 2 rings (SSSR count). The standard InChI is InChI=1S/C10H10FN3O/c1-15-8-3-6(2-7(11)4-8)9-5-10(12)14-13-9/h2-5H,1H3,(H3,12,13,14). The van der Waals surface area contributed by atoms with E-state index in [9.17, 15) is 4.39 Å². The molecule has 15 heavy (non-hydrogen) atoms. The average molecular weight is 207 g/mol. The van der Waals surface area contributed by atoms with Gasteiger partial charge in [-0.3, -0.25) is 5.10 Å². The molecule has 1 heterocycles. The largest absolute Gasteiger partial charge is 0.497 e. The first-order valence-electron chi connectivity index (χ1n) is 4.35. The minimum atomic E-state index is -0.363. The fourth-order valence-electron chi connectivity index (χ4n) is 1.32. The summed E-state index contributed by atoms with van der Waals surface area (Å²) in [4.78, 5) is 0. The van der Waals surface area contributed by atoms with Gasteiger partial charge in [0.05, 0.1) is 12.8 Å². The summed E-state index contributed by atoms with van der Waals surface area (Å²) in [6.07, 6.45) is 0. The van der Waals surface area contributed by atoms with E-state index in [1.807, 2.05) is 0 Å². The van der Waals surface area contributed by atoms with E-state index in [0.717, 1.165) is 0 Å². The fourth-order valence-corrected chi connectivity index (χ4v) is 1.32. The van der Waals surface area contributed by atoms with Gasteiger partial charge in [-0.2, -0.15) is 5.10 Å². The Morgan fingerprint density at radius 1 is 1.33 bits per heavy atom. The number of halogens is 1. The summed E-state index contributed by atoms with van der Waals surface area (Å²) in [6, 6.07) is 6.03. The number of aromatic nitrogens is 2. The first-order valence-corrected chi connectivity index (χ1v) is 4.35. The van der Waals surface area contributed by atoms with Gasteiger partial charge in [-0.15, -0.1) is 0 Å². The second kappa shape index (κ2) is 3.61. The van der Waals surface area contributed by atoms with Gasteiger partial charge in [-0.25, -0.2) is 4.39 Å². The van der Waals surface area contributed by atoms with Crippen molar-refractivity contribution >= 4 is 5.82 Å². The number of nitrogens with one attached hydrogen (secondary N) is 1. The van der Waals surface area contributed by atoms with E-state index in [2.05, 4.69) is 10.2 Å². The number of rotatable bonds is 2. The Morgan fingerprint density at radius 2 is 2.13 bits per heavy atom. The number of nitrogens with zero attached hydrogens (tertiary/aromatic N) is 1. The molecule has 5 heteroatoms. The van der Waals surface area contributed by atoms with E-state index in [1.165, 1.54) is 19.2 Å². The third kappa shape index (κ3) is 1.90. The summed E-state index contributed by atoms with van der Waals surface area (Å²) in [5, 5.41) is 6.47. The van der Waals surface area contributed by atoms with Gasteiger partial charge in [0.25, 0.3) is 0 Å². The smallest absolute Gasteiger partial charge is 0.145 e. The topological polar surface area (TPSA) is 63.9 Å². The number of hydrogen-bond donors (Lipinski definition) is 2. The molecule has 0 aliphatic heterocycles. The highest BCUT2D eigenvalue weighted by Gasteiger charge is 2.05. The molecule has 0 radical (unpaired) electrons. The predicted octanol–water partition coefficient (Wildman–Crippen LogP) is 1.81. The van der Waals surface area contributed by atoms with Crippen LogP contribution in [0.5, 0.6) is 5.75 Å². The van der Waals surface area contributed by atoms with Crippen LogP contribution in [0.4, 0.5) is 10.2 Å². The summed E-state index contributed by atoms with van der Waals surface area (Å²) < 4.78 is 18.1. The molecule has 0 atom stereocenters. The van der Waals surface area contributed by atoms with Crippen molar-refractivity contribution in [3.8, 4) is 17.0 Å². The molecular formula is C10H10FN3O. The van der Waals surface area contributed by atoms with Gasteiger partial charge < -0.3 is 10.5 Å². The predicted molar refractivity (Wildman–Crippen MR) is 54.9 cm³/mol. The number of methoxy groups -OCH3 is 1. The number of aromatic amines is 1. The third-order valence-corrected chi connectivity index (χ3v) is 2.02. The van der Waals surface area contributed by atoms with Crippen LogP contribution in [0.2, 0.25) is 0 Å². The second-order valence-corrected chi connectivity index (χ2v) is 3.09. The number of H-pyrrole nitrogens is 1. The molecule has 0 fully saturated rings. The summed E-state index contributed by atoms with van der Waals surface area (Å²) in [7, 11) is 1.49. The lowest BCUT2D eigenvalue weighted by molar-refractivity contribution is 0.411. The zero-order valence-corrected chi connectivity index (χ0v) is 8.12. The highest BCUT2D eigenvalue weighted by molar-refractivity contribution is 5.63. The number of benzene rings is 1. The van der Waals surface area contributed by atoms with Crippen molar-refractivity contribution in [1.82, 2.24) is 10.2 Å². The van der Waals surface area contributed by atoms with Crippen LogP contribution in [0.1, 0.15) is 0 Å². The van der Waals surface area contributed by atoms with Crippen molar-refractivity contribution in [3.05, 3.63) is 30.1 Å². The van der Waals surface area contributed by atoms with E-state index >= 15 is 0 Å². The summed E-state index contributed by atoms with van der Waals surface area (Å²) in [5.41, 5.74) is 6.76. The van der Waals surface area contributed by atoms with Gasteiger partial charge >= 0.3 is 0 Å². The Hall–Kier alpha value is -2.04. The van der Waals surface area contributed by atoms with Crippen molar-refractivity contribution in [3.63, 3.8) is 0 Å². The zero-order valence-electron chi connectivity index (χ0n) is 8.12. The zero-order chi connectivity index (χ0) is 10.8. The Bertz CT molecular complexity index is 481. The lowest BCUT2D eigenvalue weighted by Gasteiger charge is -2.02. The minimum absolute atomic E-state index is 0.363. The third-order valence-electron chi connectivity index (χ3n) is 2.02. The number of nitrogens with two attached hydrogens (primary N) is 1. The molecule has 78 valence electrons. The molecule has 0 amide bonds. The van der Waals surface area contributed by atoms with Crippen LogP contribution < -0.4 is 10.5 Å². The van der Waals surface area contributed by atoms with Gasteiger partial charge in [0.15, 0.2) is 0 Å². The van der Waals surface area contributed by atoms with Crippen molar-refractivity contribution in [2.45, 2.75) is 0 Å². The lowest BCUT2D eigenvalue weighted by Crippen LogP contribution is -1.87. The van der Waals surface area contributed by atoms with Crippen LogP contribution in [0.15, 0.2) is 24.3 Å². The van der Waals surface area contributed by atoms with Crippen molar-refractivity contribution in [1.29, 1.82) is 0 Å². The van der Waals surface area contributed by atoms with E-state index in [1.54, 1.807) is 12.1 Å². The number of anilines is 1. The fraction of sp³-hybridized carbons (Fsp3) is 0.100. The van der Waals surface area contributed by atoms with Crippen LogP contribution in [0.25, 0.3) is 11.3 Å². The molecule has 3 N–H and O–H groups in total. The van der Waals surface area contributed by atoms with Gasteiger partial charge in [0.1, 0.15) is 17.4 Å². The highest BCUT2D eigenvalue weighted by atomic mass is 19.1. The van der Waals surface area contributed by atoms with Crippen molar-refractivity contribution in [2.75, 3.05) is 12.8 Å². The number of nitrogen functional groups attached to an aromatic ring is 1. The summed E-state index contributed by atoms with van der Waals surface area (Å²) in [5.74, 6) is 0.462. The first-order chi connectivity index (χ1) is 7.19. The molecule has 1 aromatic heterocycles. The Kier molecular flexibility index (Phi) is 2.29. The van der Waals surface area contributed by atoms with Crippen LogP contribution in [-0.2, 0) is 0 Å². The van der Waals surface area contributed by atoms with Crippen LogP contribution in [-0.4, -0.2) is 17.3 Å². The Labute approximate surface area is 85.9 Å². The van der Waals surface area contributed by atoms with E-state index in [-0.39, 0.29) is 5.82 Å². The van der Waals surface area contributed by atoms with Gasteiger partial charge in [-0.1, -0.05) is 0 Å². The molecule has 1 aromatic carbocycles. The van der Waals surface area contributed by atoms with Gasteiger partial charge in [-0.05, 0) is 12.1 Å². The average Bonchev–Trinajstić information content (AvgIpc) is 2.64. The SMILES string of the molecule is COc1cc(F)cc(-c2cc(N)n[nH]2)c1. The second-order valence-electron chi connectivity index (χ2n) is 3.09. The maximum atomic E-state index is 13.2. The molecule has 0 aliphatic carbocycles. The van der Waals surface area contributed by atoms with Gasteiger partial charge in [0, 0.05) is 17.7 Å². The van der Waals surface area contributed by atoms with E-state index in [4.69, 9.17) is 10.5 Å². The molecule has 0 saturated carbocycles. The van der Waals surface area contributed by atoms with Crippen molar-refractivity contribution in [2.24, 2.45) is 0 Å². The molecule has 4 nitrogen and oxygen atoms in total. The normalized spacial score (nSPS) is 10.3. The van der Waals surface area contributed by atoms with Crippen LogP contribution >= 0.6 is 0 Å². The minimum Gasteiger partial charge on any atom is -0.497 e. The molecule has 0 spiro atoms. The molecular weight excluding hydrogens is 197 g/mol. The first kappa shape index (κ1) is 9.51. The van der Waals surface area contributed by atoms with Crippen LogP contribution in [0.3, 0.4) is 0 Å². The Morgan fingerprint density at radius 3 is 2.73 bits per heavy atom. The molecule has 0 saturated heterocycles. The molecule has 0 unspecified atom stereocenters. The Balaban J connectivity index is 2.48. The van der Waals surface area contributed by atoms with Gasteiger partial charge in [0.2, 0.25) is 0 Å². The summed E-state index contributed by atoms with van der Waals surface area (Å²) >= 11 is 0. The van der Waals surface area contributed by atoms with E-state index < -0.39 is 0 Å². The molecule has 0 bridgehead atoms. The van der Waals surface area contributed by atoms with Crippen molar-refractivity contribution < 1.29 is 9.13 Å². The van der Waals surface area contributed by atoms with Crippen LogP contribution in [0, 0.1) is 5.82 Å². The maximum Gasteiger partial charge on any atom is 0.145 e. The monoisotopic (exact) mass is 207 g/mol. The molecule has 0 aliphatic rings. The maximum absolute atomic E-state index is 13.2. The molecule has 2 aromatic rings. The quantitative estimate of drug-likeness (QED) is 0.789.